The monoisotopic (exact) mass is 279 g/mol. The van der Waals surface area contributed by atoms with E-state index in [1.807, 2.05) is 4.90 Å². The van der Waals surface area contributed by atoms with E-state index in [0.29, 0.717) is 44.2 Å². The molecule has 0 bridgehead atoms. The summed E-state index contributed by atoms with van der Waals surface area (Å²) in [6.07, 6.45) is -6.12. The Bertz CT molecular complexity index is 414. The van der Waals surface area contributed by atoms with Gasteiger partial charge in [-0.25, -0.2) is 0 Å². The van der Waals surface area contributed by atoms with Gasteiger partial charge in [0.05, 0.1) is 6.54 Å². The second kappa shape index (κ2) is 5.46. The predicted octanol–water partition coefficient (Wildman–Crippen LogP) is 1.51. The maximum Gasteiger partial charge on any atom is 0.414 e. The molecule has 2 rings (SSSR count). The van der Waals surface area contributed by atoms with Gasteiger partial charge in [-0.3, -0.25) is 4.90 Å². The van der Waals surface area contributed by atoms with Gasteiger partial charge in [0.2, 0.25) is 5.89 Å². The number of alkyl halides is 3. The molecule has 19 heavy (non-hydrogen) atoms. The SMILES string of the molecule is Cc1nc(CN2CCC(C(O)C(F)(F)F)CC2)no1. The highest BCUT2D eigenvalue weighted by Crippen LogP contribution is 2.31. The van der Waals surface area contributed by atoms with E-state index in [9.17, 15) is 18.3 Å². The van der Waals surface area contributed by atoms with Crippen LogP contribution in [0.1, 0.15) is 24.6 Å². The lowest BCUT2D eigenvalue weighted by atomic mass is 9.91. The maximum absolute atomic E-state index is 12.4. The van der Waals surface area contributed by atoms with E-state index >= 15 is 0 Å². The zero-order valence-electron chi connectivity index (χ0n) is 10.5. The van der Waals surface area contributed by atoms with Crippen LogP contribution in [0.25, 0.3) is 0 Å². The Morgan fingerprint density at radius 3 is 2.53 bits per heavy atom. The molecule has 1 aliphatic rings. The highest BCUT2D eigenvalue weighted by Gasteiger charge is 2.44. The summed E-state index contributed by atoms with van der Waals surface area (Å²) >= 11 is 0. The van der Waals surface area contributed by atoms with Gasteiger partial charge in [-0.05, 0) is 31.8 Å². The second-order valence-electron chi connectivity index (χ2n) is 4.83. The van der Waals surface area contributed by atoms with Crippen molar-refractivity contribution in [3.63, 3.8) is 0 Å². The molecule has 8 heteroatoms. The molecule has 1 atom stereocenters. The second-order valence-corrected chi connectivity index (χ2v) is 4.83. The molecule has 1 aromatic heterocycles. The van der Waals surface area contributed by atoms with Crippen LogP contribution in [-0.4, -0.2) is 45.5 Å². The van der Waals surface area contributed by atoms with E-state index in [1.54, 1.807) is 6.92 Å². The summed E-state index contributed by atoms with van der Waals surface area (Å²) in [7, 11) is 0. The predicted molar refractivity (Wildman–Crippen MR) is 59.1 cm³/mol. The van der Waals surface area contributed by atoms with Crippen molar-refractivity contribution >= 4 is 0 Å². The summed E-state index contributed by atoms with van der Waals surface area (Å²) in [5.41, 5.74) is 0. The molecule has 0 radical (unpaired) electrons. The van der Waals surface area contributed by atoms with E-state index in [1.165, 1.54) is 0 Å². The topological polar surface area (TPSA) is 62.4 Å². The molecule has 1 aliphatic heterocycles. The lowest BCUT2D eigenvalue weighted by Gasteiger charge is -2.34. The van der Waals surface area contributed by atoms with Gasteiger partial charge in [0.25, 0.3) is 0 Å². The number of aryl methyl sites for hydroxylation is 1. The number of aromatic nitrogens is 2. The number of aliphatic hydroxyl groups excluding tert-OH is 1. The third-order valence-corrected chi connectivity index (χ3v) is 3.35. The number of piperidine rings is 1. The molecule has 0 aromatic carbocycles. The van der Waals surface area contributed by atoms with Crippen LogP contribution in [0.2, 0.25) is 0 Å². The van der Waals surface area contributed by atoms with Gasteiger partial charge in [-0.2, -0.15) is 18.2 Å². The Labute approximate surface area is 108 Å². The minimum atomic E-state index is -4.53. The van der Waals surface area contributed by atoms with Gasteiger partial charge >= 0.3 is 6.18 Å². The number of hydrogen-bond donors (Lipinski definition) is 1. The van der Waals surface area contributed by atoms with E-state index in [-0.39, 0.29) is 0 Å². The van der Waals surface area contributed by atoms with Crippen LogP contribution in [0.15, 0.2) is 4.52 Å². The molecule has 0 saturated carbocycles. The summed E-state index contributed by atoms with van der Waals surface area (Å²) in [4.78, 5) is 6.01. The molecular formula is C11H16F3N3O2. The third kappa shape index (κ3) is 3.66. The molecule has 5 nitrogen and oxygen atoms in total. The van der Waals surface area contributed by atoms with Crippen molar-refractivity contribution in [3.05, 3.63) is 11.7 Å². The number of rotatable bonds is 3. The van der Waals surface area contributed by atoms with Crippen LogP contribution in [0.5, 0.6) is 0 Å². The number of nitrogens with zero attached hydrogens (tertiary/aromatic N) is 3. The Morgan fingerprint density at radius 1 is 1.42 bits per heavy atom. The fraction of sp³-hybridized carbons (Fsp3) is 0.818. The smallest absolute Gasteiger partial charge is 0.383 e. The van der Waals surface area contributed by atoms with Crippen molar-refractivity contribution in [1.29, 1.82) is 0 Å². The summed E-state index contributed by atoms with van der Waals surface area (Å²) < 4.78 is 42.0. The molecule has 108 valence electrons. The van der Waals surface area contributed by atoms with Crippen molar-refractivity contribution in [1.82, 2.24) is 15.0 Å². The minimum Gasteiger partial charge on any atom is -0.383 e. The fourth-order valence-electron chi connectivity index (χ4n) is 2.30. The van der Waals surface area contributed by atoms with E-state index in [0.717, 1.165) is 0 Å². The minimum absolute atomic E-state index is 0.317. The zero-order valence-corrected chi connectivity index (χ0v) is 10.5. The highest BCUT2D eigenvalue weighted by molar-refractivity contribution is 4.87. The molecule has 2 heterocycles. The number of hydrogen-bond acceptors (Lipinski definition) is 5. The maximum atomic E-state index is 12.4. The van der Waals surface area contributed by atoms with Gasteiger partial charge in [0, 0.05) is 6.92 Å². The van der Waals surface area contributed by atoms with Crippen molar-refractivity contribution in [2.75, 3.05) is 13.1 Å². The summed E-state index contributed by atoms with van der Waals surface area (Å²) in [5, 5.41) is 13.0. The first-order valence-corrected chi connectivity index (χ1v) is 6.12. The number of likely N-dealkylation sites (tertiary alicyclic amines) is 1. The van der Waals surface area contributed by atoms with Crippen LogP contribution in [0.3, 0.4) is 0 Å². The van der Waals surface area contributed by atoms with Crippen LogP contribution in [0, 0.1) is 12.8 Å². The standard InChI is InChI=1S/C11H16F3N3O2/c1-7-15-9(16-19-7)6-17-4-2-8(3-5-17)10(18)11(12,13)14/h8,10,18H,2-6H2,1H3. The summed E-state index contributed by atoms with van der Waals surface area (Å²) in [5.74, 6) is 0.285. The Balaban J connectivity index is 1.82. The number of aliphatic hydroxyl groups is 1. The van der Waals surface area contributed by atoms with Crippen LogP contribution >= 0.6 is 0 Å². The lowest BCUT2D eigenvalue weighted by Crippen LogP contribution is -2.43. The highest BCUT2D eigenvalue weighted by atomic mass is 19.4. The molecule has 1 saturated heterocycles. The van der Waals surface area contributed by atoms with Gasteiger partial charge < -0.3 is 9.63 Å². The van der Waals surface area contributed by atoms with Crippen molar-refractivity contribution < 1.29 is 22.8 Å². The Hall–Kier alpha value is -1.15. The quantitative estimate of drug-likeness (QED) is 0.908. The third-order valence-electron chi connectivity index (χ3n) is 3.35. The van der Waals surface area contributed by atoms with Crippen molar-refractivity contribution in [2.24, 2.45) is 5.92 Å². The molecule has 0 aliphatic carbocycles. The molecule has 0 amide bonds. The fourth-order valence-corrected chi connectivity index (χ4v) is 2.30. The Kier molecular flexibility index (Phi) is 4.10. The zero-order chi connectivity index (χ0) is 14.0. The van der Waals surface area contributed by atoms with Crippen LogP contribution in [-0.2, 0) is 6.54 Å². The lowest BCUT2D eigenvalue weighted by molar-refractivity contribution is -0.223. The first kappa shape index (κ1) is 14.3. The first-order chi connectivity index (χ1) is 8.86. The van der Waals surface area contributed by atoms with Crippen LogP contribution in [0.4, 0.5) is 13.2 Å². The molecular weight excluding hydrogens is 263 g/mol. The van der Waals surface area contributed by atoms with Gasteiger partial charge in [-0.1, -0.05) is 5.16 Å². The van der Waals surface area contributed by atoms with E-state index in [2.05, 4.69) is 10.1 Å². The molecule has 1 N–H and O–H groups in total. The molecule has 1 aromatic rings. The van der Waals surface area contributed by atoms with E-state index in [4.69, 9.17) is 4.52 Å². The first-order valence-electron chi connectivity index (χ1n) is 6.12. The van der Waals surface area contributed by atoms with E-state index < -0.39 is 18.2 Å². The molecule has 1 fully saturated rings. The Morgan fingerprint density at radius 2 is 2.05 bits per heavy atom. The number of halogens is 3. The molecule has 1 unspecified atom stereocenters. The van der Waals surface area contributed by atoms with Crippen molar-refractivity contribution in [2.45, 2.75) is 38.6 Å². The van der Waals surface area contributed by atoms with Crippen molar-refractivity contribution in [3.8, 4) is 0 Å². The van der Waals surface area contributed by atoms with Gasteiger partial charge in [-0.15, -0.1) is 0 Å². The van der Waals surface area contributed by atoms with Gasteiger partial charge in [0.1, 0.15) is 0 Å². The van der Waals surface area contributed by atoms with Crippen LogP contribution < -0.4 is 0 Å². The summed E-state index contributed by atoms with van der Waals surface area (Å²) in [6.45, 7) is 3.13. The van der Waals surface area contributed by atoms with Gasteiger partial charge in [0.15, 0.2) is 11.9 Å². The normalized spacial score (nSPS) is 20.7. The molecule has 0 spiro atoms. The average Bonchev–Trinajstić information content (AvgIpc) is 2.74. The largest absolute Gasteiger partial charge is 0.414 e. The average molecular weight is 279 g/mol. The summed E-state index contributed by atoms with van der Waals surface area (Å²) in [6, 6.07) is 0.